The SMILES string of the molecule is CNCCC1CCN(Cc2cc(C)ccc2F)CC1. The van der Waals surface area contributed by atoms with E-state index in [-0.39, 0.29) is 5.82 Å². The Labute approximate surface area is 116 Å². The first-order valence-corrected chi connectivity index (χ1v) is 7.31. The fourth-order valence-electron chi connectivity index (χ4n) is 2.85. The fraction of sp³-hybridized carbons (Fsp3) is 0.625. The monoisotopic (exact) mass is 264 g/mol. The molecule has 0 unspecified atom stereocenters. The van der Waals surface area contributed by atoms with E-state index in [4.69, 9.17) is 0 Å². The molecule has 1 aromatic rings. The molecule has 0 aliphatic carbocycles. The molecule has 1 fully saturated rings. The van der Waals surface area contributed by atoms with Crippen LogP contribution in [-0.2, 0) is 6.54 Å². The molecule has 1 aliphatic heterocycles. The minimum absolute atomic E-state index is 0.0668. The van der Waals surface area contributed by atoms with Crippen molar-refractivity contribution in [1.82, 2.24) is 10.2 Å². The standard InChI is InChI=1S/C16H25FN2/c1-13-3-4-16(17)15(11-13)12-19-9-6-14(7-10-19)5-8-18-2/h3-4,11,14,18H,5-10,12H2,1-2H3. The molecule has 1 aliphatic rings. The maximum atomic E-state index is 13.7. The molecule has 1 saturated heterocycles. The third kappa shape index (κ3) is 4.29. The maximum absolute atomic E-state index is 13.7. The maximum Gasteiger partial charge on any atom is 0.127 e. The molecule has 19 heavy (non-hydrogen) atoms. The van der Waals surface area contributed by atoms with E-state index in [1.807, 2.05) is 26.1 Å². The van der Waals surface area contributed by atoms with E-state index in [0.717, 1.165) is 43.2 Å². The summed E-state index contributed by atoms with van der Waals surface area (Å²) >= 11 is 0. The van der Waals surface area contributed by atoms with Gasteiger partial charge in [-0.15, -0.1) is 0 Å². The molecular weight excluding hydrogens is 239 g/mol. The van der Waals surface area contributed by atoms with E-state index in [1.54, 1.807) is 6.07 Å². The molecule has 106 valence electrons. The van der Waals surface area contributed by atoms with Gasteiger partial charge >= 0.3 is 0 Å². The molecule has 0 saturated carbocycles. The van der Waals surface area contributed by atoms with Gasteiger partial charge in [0.1, 0.15) is 5.82 Å². The molecule has 2 rings (SSSR count). The summed E-state index contributed by atoms with van der Waals surface area (Å²) in [6, 6.07) is 5.40. The van der Waals surface area contributed by atoms with Gasteiger partial charge in [-0.25, -0.2) is 4.39 Å². The molecule has 1 N–H and O–H groups in total. The van der Waals surface area contributed by atoms with E-state index in [9.17, 15) is 4.39 Å². The van der Waals surface area contributed by atoms with Crippen molar-refractivity contribution in [3.05, 3.63) is 35.1 Å². The predicted octanol–water partition coefficient (Wildman–Crippen LogP) is 2.96. The Hall–Kier alpha value is -0.930. The smallest absolute Gasteiger partial charge is 0.127 e. The fourth-order valence-corrected chi connectivity index (χ4v) is 2.85. The van der Waals surface area contributed by atoms with Gasteiger partial charge in [0.2, 0.25) is 0 Å². The second-order valence-electron chi connectivity index (χ2n) is 5.71. The van der Waals surface area contributed by atoms with Crippen LogP contribution in [0.1, 0.15) is 30.4 Å². The third-order valence-electron chi connectivity index (χ3n) is 4.10. The highest BCUT2D eigenvalue weighted by atomic mass is 19.1. The summed E-state index contributed by atoms with van der Waals surface area (Å²) in [4.78, 5) is 2.38. The number of hydrogen-bond donors (Lipinski definition) is 1. The second kappa shape index (κ2) is 7.01. The normalized spacial score (nSPS) is 17.8. The van der Waals surface area contributed by atoms with Crippen LogP contribution in [-0.4, -0.2) is 31.6 Å². The molecule has 0 bridgehead atoms. The largest absolute Gasteiger partial charge is 0.320 e. The number of likely N-dealkylation sites (tertiary alicyclic amines) is 1. The van der Waals surface area contributed by atoms with E-state index < -0.39 is 0 Å². The number of rotatable bonds is 5. The van der Waals surface area contributed by atoms with Gasteiger partial charge in [0.15, 0.2) is 0 Å². The summed E-state index contributed by atoms with van der Waals surface area (Å²) in [7, 11) is 2.01. The summed E-state index contributed by atoms with van der Waals surface area (Å²) in [5, 5.41) is 3.22. The Balaban J connectivity index is 1.83. The number of hydrogen-bond acceptors (Lipinski definition) is 2. The molecular formula is C16H25FN2. The van der Waals surface area contributed by atoms with Gasteiger partial charge in [0.05, 0.1) is 0 Å². The Bertz CT molecular complexity index is 398. The molecule has 0 radical (unpaired) electrons. The van der Waals surface area contributed by atoms with Crippen molar-refractivity contribution in [3.63, 3.8) is 0 Å². The molecule has 1 heterocycles. The average Bonchev–Trinajstić information content (AvgIpc) is 2.42. The van der Waals surface area contributed by atoms with Crippen LogP contribution in [0.5, 0.6) is 0 Å². The van der Waals surface area contributed by atoms with Crippen molar-refractivity contribution < 1.29 is 4.39 Å². The van der Waals surface area contributed by atoms with E-state index >= 15 is 0 Å². The number of nitrogens with one attached hydrogen (secondary N) is 1. The molecule has 0 amide bonds. The first-order valence-electron chi connectivity index (χ1n) is 7.31. The topological polar surface area (TPSA) is 15.3 Å². The Kier molecular flexibility index (Phi) is 5.34. The molecule has 0 atom stereocenters. The lowest BCUT2D eigenvalue weighted by Gasteiger charge is -2.32. The lowest BCUT2D eigenvalue weighted by Crippen LogP contribution is -2.34. The average molecular weight is 264 g/mol. The number of piperidine rings is 1. The van der Waals surface area contributed by atoms with Crippen LogP contribution < -0.4 is 5.32 Å². The molecule has 3 heteroatoms. The number of nitrogens with zero attached hydrogens (tertiary/aromatic N) is 1. The summed E-state index contributed by atoms with van der Waals surface area (Å²) < 4.78 is 13.7. The van der Waals surface area contributed by atoms with Crippen LogP contribution in [0.4, 0.5) is 4.39 Å². The van der Waals surface area contributed by atoms with Gasteiger partial charge in [-0.2, -0.15) is 0 Å². The first-order chi connectivity index (χ1) is 9.19. The van der Waals surface area contributed by atoms with Crippen molar-refractivity contribution in [2.24, 2.45) is 5.92 Å². The zero-order valence-electron chi connectivity index (χ0n) is 12.1. The minimum Gasteiger partial charge on any atom is -0.320 e. The van der Waals surface area contributed by atoms with Crippen LogP contribution >= 0.6 is 0 Å². The highest BCUT2D eigenvalue weighted by Crippen LogP contribution is 2.22. The lowest BCUT2D eigenvalue weighted by atomic mass is 9.93. The van der Waals surface area contributed by atoms with E-state index in [1.165, 1.54) is 19.3 Å². The number of aryl methyl sites for hydroxylation is 1. The van der Waals surface area contributed by atoms with Crippen LogP contribution in [0, 0.1) is 18.7 Å². The van der Waals surface area contributed by atoms with Gasteiger partial charge in [-0.1, -0.05) is 17.7 Å². The first kappa shape index (κ1) is 14.5. The molecule has 0 aromatic heterocycles. The van der Waals surface area contributed by atoms with Crippen LogP contribution in [0.3, 0.4) is 0 Å². The van der Waals surface area contributed by atoms with Gasteiger partial charge < -0.3 is 5.32 Å². The highest BCUT2D eigenvalue weighted by Gasteiger charge is 2.19. The predicted molar refractivity (Wildman–Crippen MR) is 77.7 cm³/mol. The van der Waals surface area contributed by atoms with Gasteiger partial charge in [0, 0.05) is 12.1 Å². The van der Waals surface area contributed by atoms with Crippen molar-refractivity contribution >= 4 is 0 Å². The minimum atomic E-state index is -0.0668. The molecule has 2 nitrogen and oxygen atoms in total. The second-order valence-corrected chi connectivity index (χ2v) is 5.71. The Morgan fingerprint density at radius 1 is 1.32 bits per heavy atom. The van der Waals surface area contributed by atoms with Crippen molar-refractivity contribution in [2.75, 3.05) is 26.7 Å². The Morgan fingerprint density at radius 2 is 2.05 bits per heavy atom. The third-order valence-corrected chi connectivity index (χ3v) is 4.10. The molecule has 0 spiro atoms. The quantitative estimate of drug-likeness (QED) is 0.879. The Morgan fingerprint density at radius 3 is 2.74 bits per heavy atom. The van der Waals surface area contributed by atoms with Gasteiger partial charge in [0.25, 0.3) is 0 Å². The highest BCUT2D eigenvalue weighted by molar-refractivity contribution is 5.24. The van der Waals surface area contributed by atoms with E-state index in [0.29, 0.717) is 0 Å². The number of benzene rings is 1. The summed E-state index contributed by atoms with van der Waals surface area (Å²) in [5.41, 5.74) is 1.98. The van der Waals surface area contributed by atoms with Crippen LogP contribution in [0.15, 0.2) is 18.2 Å². The molecule has 1 aromatic carbocycles. The number of halogens is 1. The van der Waals surface area contributed by atoms with Crippen LogP contribution in [0.2, 0.25) is 0 Å². The summed E-state index contributed by atoms with van der Waals surface area (Å²) in [6.45, 7) is 6.08. The zero-order valence-corrected chi connectivity index (χ0v) is 12.1. The van der Waals surface area contributed by atoms with Crippen molar-refractivity contribution in [1.29, 1.82) is 0 Å². The van der Waals surface area contributed by atoms with Crippen molar-refractivity contribution in [3.8, 4) is 0 Å². The van der Waals surface area contributed by atoms with E-state index in [2.05, 4.69) is 10.2 Å². The zero-order chi connectivity index (χ0) is 13.7. The van der Waals surface area contributed by atoms with Gasteiger partial charge in [-0.3, -0.25) is 4.90 Å². The van der Waals surface area contributed by atoms with Crippen molar-refractivity contribution in [2.45, 2.75) is 32.7 Å². The van der Waals surface area contributed by atoms with Crippen LogP contribution in [0.25, 0.3) is 0 Å². The summed E-state index contributed by atoms with van der Waals surface area (Å²) in [6.07, 6.45) is 3.76. The summed E-state index contributed by atoms with van der Waals surface area (Å²) in [5.74, 6) is 0.772. The van der Waals surface area contributed by atoms with Gasteiger partial charge in [-0.05, 0) is 64.9 Å². The lowest BCUT2D eigenvalue weighted by molar-refractivity contribution is 0.170.